The van der Waals surface area contributed by atoms with Crippen molar-refractivity contribution < 1.29 is 13.9 Å². The maximum Gasteiger partial charge on any atom is 0.248 e. The third-order valence-electron chi connectivity index (χ3n) is 4.63. The van der Waals surface area contributed by atoms with E-state index in [1.165, 1.54) is 43.1 Å². The second-order valence-corrected chi connectivity index (χ2v) is 7.32. The Bertz CT molecular complexity index is 775. The SMILES string of the molecule is COCCn1c(=NC(=O)CCC2CCCC2)sc2cccc(F)c21. The van der Waals surface area contributed by atoms with Gasteiger partial charge in [-0.25, -0.2) is 4.39 Å². The number of carbonyl (C=O) groups excluding carboxylic acids is 1. The number of hydrogen-bond acceptors (Lipinski definition) is 3. The Morgan fingerprint density at radius 1 is 1.42 bits per heavy atom. The molecule has 1 aliphatic carbocycles. The Morgan fingerprint density at radius 2 is 2.21 bits per heavy atom. The molecule has 1 aromatic carbocycles. The number of para-hydroxylation sites is 1. The number of ether oxygens (including phenoxy) is 1. The number of halogens is 1. The molecule has 0 saturated heterocycles. The number of benzene rings is 1. The maximum atomic E-state index is 14.2. The molecule has 130 valence electrons. The van der Waals surface area contributed by atoms with Gasteiger partial charge in [0.15, 0.2) is 4.80 Å². The zero-order chi connectivity index (χ0) is 16.9. The van der Waals surface area contributed by atoms with Gasteiger partial charge in [-0.05, 0) is 24.5 Å². The fraction of sp³-hybridized carbons (Fsp3) is 0.556. The normalized spacial score (nSPS) is 16.3. The molecule has 6 heteroatoms. The van der Waals surface area contributed by atoms with E-state index < -0.39 is 0 Å². The highest BCUT2D eigenvalue weighted by Crippen LogP contribution is 2.28. The number of nitrogens with zero attached hydrogens (tertiary/aromatic N) is 2. The van der Waals surface area contributed by atoms with Gasteiger partial charge in [0, 0.05) is 20.1 Å². The molecule has 0 N–H and O–H groups in total. The number of hydrogen-bond donors (Lipinski definition) is 0. The molecule has 1 saturated carbocycles. The van der Waals surface area contributed by atoms with Crippen molar-refractivity contribution in [3.05, 3.63) is 28.8 Å². The molecule has 1 heterocycles. The van der Waals surface area contributed by atoms with E-state index in [1.807, 2.05) is 6.07 Å². The van der Waals surface area contributed by atoms with Crippen molar-refractivity contribution in [3.8, 4) is 0 Å². The predicted octanol–water partition coefficient (Wildman–Crippen LogP) is 3.89. The van der Waals surface area contributed by atoms with Crippen LogP contribution in [-0.4, -0.2) is 24.2 Å². The van der Waals surface area contributed by atoms with Gasteiger partial charge in [0.05, 0.1) is 16.8 Å². The fourth-order valence-corrected chi connectivity index (χ4v) is 4.44. The summed E-state index contributed by atoms with van der Waals surface area (Å²) in [6.07, 6.45) is 6.42. The second kappa shape index (κ2) is 8.03. The third-order valence-corrected chi connectivity index (χ3v) is 5.68. The molecule has 1 aliphatic rings. The first-order chi connectivity index (χ1) is 11.7. The summed E-state index contributed by atoms with van der Waals surface area (Å²) in [5.41, 5.74) is 0.502. The Morgan fingerprint density at radius 3 is 2.96 bits per heavy atom. The lowest BCUT2D eigenvalue weighted by molar-refractivity contribution is -0.118. The van der Waals surface area contributed by atoms with E-state index in [-0.39, 0.29) is 11.7 Å². The van der Waals surface area contributed by atoms with Crippen molar-refractivity contribution in [2.75, 3.05) is 13.7 Å². The summed E-state index contributed by atoms with van der Waals surface area (Å²) in [6.45, 7) is 0.926. The highest BCUT2D eigenvalue weighted by Gasteiger charge is 2.16. The minimum Gasteiger partial charge on any atom is -0.383 e. The summed E-state index contributed by atoms with van der Waals surface area (Å²) in [4.78, 5) is 17.1. The van der Waals surface area contributed by atoms with E-state index in [2.05, 4.69) is 4.99 Å². The van der Waals surface area contributed by atoms with Gasteiger partial charge in [0.2, 0.25) is 5.91 Å². The number of aromatic nitrogens is 1. The minimum absolute atomic E-state index is 0.111. The van der Waals surface area contributed by atoms with Gasteiger partial charge in [0.25, 0.3) is 0 Å². The fourth-order valence-electron chi connectivity index (χ4n) is 3.35. The van der Waals surface area contributed by atoms with Crippen LogP contribution >= 0.6 is 11.3 Å². The van der Waals surface area contributed by atoms with E-state index in [4.69, 9.17) is 4.74 Å². The number of rotatable bonds is 6. The topological polar surface area (TPSA) is 43.6 Å². The largest absolute Gasteiger partial charge is 0.383 e. The predicted molar refractivity (Wildman–Crippen MR) is 93.4 cm³/mol. The molecule has 1 amide bonds. The standard InChI is InChI=1S/C18H23FN2O2S/c1-23-12-11-21-17-14(19)7-4-8-15(17)24-18(21)20-16(22)10-9-13-5-2-3-6-13/h4,7-8,13H,2-3,5-6,9-12H2,1H3. The first-order valence-electron chi connectivity index (χ1n) is 8.53. The molecule has 4 nitrogen and oxygen atoms in total. The summed E-state index contributed by atoms with van der Waals surface area (Å²) in [7, 11) is 1.61. The molecule has 0 radical (unpaired) electrons. The van der Waals surface area contributed by atoms with Crippen LogP contribution in [0.5, 0.6) is 0 Å². The minimum atomic E-state index is -0.292. The van der Waals surface area contributed by atoms with Crippen LogP contribution in [0.15, 0.2) is 23.2 Å². The van der Waals surface area contributed by atoms with Gasteiger partial charge in [-0.15, -0.1) is 0 Å². The van der Waals surface area contributed by atoms with Crippen molar-refractivity contribution in [2.24, 2.45) is 10.9 Å². The van der Waals surface area contributed by atoms with Crippen molar-refractivity contribution in [1.29, 1.82) is 0 Å². The number of carbonyl (C=O) groups is 1. The van der Waals surface area contributed by atoms with Crippen LogP contribution in [0.1, 0.15) is 38.5 Å². The first kappa shape index (κ1) is 17.3. The van der Waals surface area contributed by atoms with Gasteiger partial charge >= 0.3 is 0 Å². The van der Waals surface area contributed by atoms with Gasteiger partial charge in [-0.3, -0.25) is 4.79 Å². The Hall–Kier alpha value is -1.53. The van der Waals surface area contributed by atoms with Crippen LogP contribution in [-0.2, 0) is 16.1 Å². The summed E-state index contributed by atoms with van der Waals surface area (Å²) in [6, 6.07) is 4.97. The van der Waals surface area contributed by atoms with Gasteiger partial charge < -0.3 is 9.30 Å². The Kier molecular flexibility index (Phi) is 5.79. The van der Waals surface area contributed by atoms with E-state index in [1.54, 1.807) is 17.7 Å². The molecule has 3 rings (SSSR count). The third kappa shape index (κ3) is 3.92. The molecule has 0 aliphatic heterocycles. The van der Waals surface area contributed by atoms with Crippen LogP contribution in [0.25, 0.3) is 10.2 Å². The summed E-state index contributed by atoms with van der Waals surface area (Å²) in [5.74, 6) is 0.268. The smallest absolute Gasteiger partial charge is 0.248 e. The molecule has 1 aromatic heterocycles. The molecule has 0 unspecified atom stereocenters. The van der Waals surface area contributed by atoms with E-state index in [0.29, 0.717) is 35.8 Å². The summed E-state index contributed by atoms with van der Waals surface area (Å²) in [5, 5.41) is 0. The number of amides is 1. The zero-order valence-electron chi connectivity index (χ0n) is 14.0. The molecule has 0 bridgehead atoms. The van der Waals surface area contributed by atoms with E-state index in [0.717, 1.165) is 11.1 Å². The highest BCUT2D eigenvalue weighted by molar-refractivity contribution is 7.16. The number of methoxy groups -OCH3 is 1. The lowest BCUT2D eigenvalue weighted by Gasteiger charge is -2.06. The van der Waals surface area contributed by atoms with Crippen molar-refractivity contribution >= 4 is 27.5 Å². The molecule has 1 fully saturated rings. The Balaban J connectivity index is 1.86. The molecular formula is C18H23FN2O2S. The quantitative estimate of drug-likeness (QED) is 0.793. The lowest BCUT2D eigenvalue weighted by Crippen LogP contribution is -2.20. The van der Waals surface area contributed by atoms with Crippen LogP contribution < -0.4 is 4.80 Å². The number of thiazole rings is 1. The Labute approximate surface area is 145 Å². The monoisotopic (exact) mass is 350 g/mol. The van der Waals surface area contributed by atoms with Crippen LogP contribution in [0, 0.1) is 11.7 Å². The maximum absolute atomic E-state index is 14.2. The van der Waals surface area contributed by atoms with Gasteiger partial charge in [-0.1, -0.05) is 43.1 Å². The van der Waals surface area contributed by atoms with Gasteiger partial charge in [0.1, 0.15) is 5.82 Å². The number of fused-ring (bicyclic) bond motifs is 1. The van der Waals surface area contributed by atoms with E-state index >= 15 is 0 Å². The van der Waals surface area contributed by atoms with Crippen molar-refractivity contribution in [3.63, 3.8) is 0 Å². The van der Waals surface area contributed by atoms with Crippen LogP contribution in [0.2, 0.25) is 0 Å². The summed E-state index contributed by atoms with van der Waals surface area (Å²) >= 11 is 1.35. The molecular weight excluding hydrogens is 327 g/mol. The summed E-state index contributed by atoms with van der Waals surface area (Å²) < 4.78 is 21.9. The van der Waals surface area contributed by atoms with Crippen LogP contribution in [0.4, 0.5) is 4.39 Å². The zero-order valence-corrected chi connectivity index (χ0v) is 14.8. The molecule has 0 atom stereocenters. The van der Waals surface area contributed by atoms with Crippen LogP contribution in [0.3, 0.4) is 0 Å². The van der Waals surface area contributed by atoms with Crippen molar-refractivity contribution in [1.82, 2.24) is 4.57 Å². The second-order valence-electron chi connectivity index (χ2n) is 6.31. The van der Waals surface area contributed by atoms with Crippen molar-refractivity contribution in [2.45, 2.75) is 45.1 Å². The molecule has 24 heavy (non-hydrogen) atoms. The average Bonchev–Trinajstić information content (AvgIpc) is 3.19. The van der Waals surface area contributed by atoms with E-state index in [9.17, 15) is 9.18 Å². The molecule has 0 spiro atoms. The molecule has 2 aromatic rings. The average molecular weight is 350 g/mol. The highest BCUT2D eigenvalue weighted by atomic mass is 32.1. The van der Waals surface area contributed by atoms with Gasteiger partial charge in [-0.2, -0.15) is 4.99 Å². The first-order valence-corrected chi connectivity index (χ1v) is 9.35. The lowest BCUT2D eigenvalue weighted by atomic mass is 10.0.